The third-order valence-corrected chi connectivity index (χ3v) is 4.82. The van der Waals surface area contributed by atoms with E-state index in [1.807, 2.05) is 11.8 Å². The number of thioether (sulfide) groups is 1. The van der Waals surface area contributed by atoms with Gasteiger partial charge in [0.25, 0.3) is 0 Å². The van der Waals surface area contributed by atoms with Crippen LogP contribution in [0.4, 0.5) is 0 Å². The lowest BCUT2D eigenvalue weighted by molar-refractivity contribution is 0.544. The van der Waals surface area contributed by atoms with Crippen molar-refractivity contribution < 1.29 is 8.42 Å². The first kappa shape index (κ1) is 12.3. The minimum Gasteiger partial charge on any atom is -0.319 e. The summed E-state index contributed by atoms with van der Waals surface area (Å²) in [5.41, 5.74) is 0. The SMILES string of the molecule is CNCCS(=O)(=O)NCC1CCSC1. The van der Waals surface area contributed by atoms with E-state index in [1.54, 1.807) is 7.05 Å². The van der Waals surface area contributed by atoms with E-state index in [4.69, 9.17) is 0 Å². The molecular formula is C8H18N2O2S2. The molecule has 4 nitrogen and oxygen atoms in total. The van der Waals surface area contributed by atoms with Crippen LogP contribution in [-0.4, -0.2) is 45.8 Å². The van der Waals surface area contributed by atoms with Crippen molar-refractivity contribution in [1.29, 1.82) is 0 Å². The molecule has 14 heavy (non-hydrogen) atoms. The lowest BCUT2D eigenvalue weighted by atomic mass is 10.1. The van der Waals surface area contributed by atoms with Crippen molar-refractivity contribution in [1.82, 2.24) is 10.0 Å². The number of rotatable bonds is 6. The highest BCUT2D eigenvalue weighted by Gasteiger charge is 2.18. The average Bonchev–Trinajstić information content (AvgIpc) is 2.64. The molecule has 1 fully saturated rings. The molecule has 1 unspecified atom stereocenters. The summed E-state index contributed by atoms with van der Waals surface area (Å²) in [6, 6.07) is 0. The van der Waals surface area contributed by atoms with Crippen LogP contribution >= 0.6 is 11.8 Å². The molecule has 0 spiro atoms. The Bertz CT molecular complexity index is 248. The van der Waals surface area contributed by atoms with E-state index in [9.17, 15) is 8.42 Å². The average molecular weight is 238 g/mol. The molecule has 84 valence electrons. The first-order valence-electron chi connectivity index (χ1n) is 4.84. The molecule has 1 atom stereocenters. The predicted molar refractivity (Wildman–Crippen MR) is 61.1 cm³/mol. The highest BCUT2D eigenvalue weighted by atomic mass is 32.2. The summed E-state index contributed by atoms with van der Waals surface area (Å²) < 4.78 is 25.4. The van der Waals surface area contributed by atoms with Gasteiger partial charge < -0.3 is 5.32 Å². The monoisotopic (exact) mass is 238 g/mol. The quantitative estimate of drug-likeness (QED) is 0.677. The fraction of sp³-hybridized carbons (Fsp3) is 1.00. The smallest absolute Gasteiger partial charge is 0.212 e. The van der Waals surface area contributed by atoms with Crippen LogP contribution in [0.5, 0.6) is 0 Å². The summed E-state index contributed by atoms with van der Waals surface area (Å²) in [4.78, 5) is 0. The van der Waals surface area contributed by atoms with E-state index in [1.165, 1.54) is 5.75 Å². The maximum Gasteiger partial charge on any atom is 0.212 e. The Balaban J connectivity index is 2.21. The minimum absolute atomic E-state index is 0.170. The zero-order chi connectivity index (χ0) is 10.4. The lowest BCUT2D eigenvalue weighted by Crippen LogP contribution is -2.34. The van der Waals surface area contributed by atoms with Crippen LogP contribution in [0.3, 0.4) is 0 Å². The molecular weight excluding hydrogens is 220 g/mol. The van der Waals surface area contributed by atoms with Crippen molar-refractivity contribution in [3.63, 3.8) is 0 Å². The van der Waals surface area contributed by atoms with E-state index in [-0.39, 0.29) is 5.75 Å². The molecule has 2 N–H and O–H groups in total. The van der Waals surface area contributed by atoms with Gasteiger partial charge in [0.2, 0.25) is 10.0 Å². The van der Waals surface area contributed by atoms with Crippen LogP contribution in [0.2, 0.25) is 0 Å². The predicted octanol–water partition coefficient (Wildman–Crippen LogP) is -0.122. The van der Waals surface area contributed by atoms with Gasteiger partial charge in [0, 0.05) is 13.1 Å². The highest BCUT2D eigenvalue weighted by molar-refractivity contribution is 7.99. The first-order chi connectivity index (χ1) is 6.64. The Kier molecular flexibility index (Phi) is 5.22. The summed E-state index contributed by atoms with van der Waals surface area (Å²) >= 11 is 1.90. The van der Waals surface area contributed by atoms with Crippen LogP contribution < -0.4 is 10.0 Å². The van der Waals surface area contributed by atoms with Crippen molar-refractivity contribution >= 4 is 21.8 Å². The van der Waals surface area contributed by atoms with Crippen LogP contribution in [0.15, 0.2) is 0 Å². The summed E-state index contributed by atoms with van der Waals surface area (Å²) in [6.07, 6.45) is 1.14. The number of hydrogen-bond donors (Lipinski definition) is 2. The van der Waals surface area contributed by atoms with Crippen molar-refractivity contribution in [2.24, 2.45) is 5.92 Å². The van der Waals surface area contributed by atoms with Crippen molar-refractivity contribution in [2.45, 2.75) is 6.42 Å². The van der Waals surface area contributed by atoms with Gasteiger partial charge in [-0.25, -0.2) is 13.1 Å². The fourth-order valence-electron chi connectivity index (χ4n) is 1.30. The van der Waals surface area contributed by atoms with Crippen LogP contribution in [0, 0.1) is 5.92 Å². The highest BCUT2D eigenvalue weighted by Crippen LogP contribution is 2.22. The summed E-state index contributed by atoms with van der Waals surface area (Å²) in [5.74, 6) is 2.96. The first-order valence-corrected chi connectivity index (χ1v) is 7.64. The summed E-state index contributed by atoms with van der Waals surface area (Å²) in [6.45, 7) is 1.12. The molecule has 6 heteroatoms. The Morgan fingerprint density at radius 1 is 1.50 bits per heavy atom. The van der Waals surface area contributed by atoms with E-state index >= 15 is 0 Å². The molecule has 0 amide bonds. The van der Waals surface area contributed by atoms with Gasteiger partial charge in [-0.2, -0.15) is 11.8 Å². The molecule has 0 aromatic heterocycles. The zero-order valence-electron chi connectivity index (χ0n) is 8.45. The van der Waals surface area contributed by atoms with Crippen molar-refractivity contribution in [3.8, 4) is 0 Å². The van der Waals surface area contributed by atoms with Gasteiger partial charge in [0.15, 0.2) is 0 Å². The summed E-state index contributed by atoms with van der Waals surface area (Å²) in [7, 11) is -1.30. The molecule has 0 aromatic rings. The van der Waals surface area contributed by atoms with Gasteiger partial charge in [-0.3, -0.25) is 0 Å². The summed E-state index contributed by atoms with van der Waals surface area (Å²) in [5, 5.41) is 2.83. The molecule has 0 bridgehead atoms. The van der Waals surface area contributed by atoms with Crippen LogP contribution in [0.1, 0.15) is 6.42 Å². The van der Waals surface area contributed by atoms with Crippen molar-refractivity contribution in [2.75, 3.05) is 37.4 Å². The van der Waals surface area contributed by atoms with E-state index in [0.29, 0.717) is 19.0 Å². The molecule has 1 saturated heterocycles. The molecule has 1 heterocycles. The third-order valence-electron chi connectivity index (χ3n) is 2.24. The van der Waals surface area contributed by atoms with Gasteiger partial charge >= 0.3 is 0 Å². The second kappa shape index (κ2) is 5.95. The van der Waals surface area contributed by atoms with Gasteiger partial charge in [0.1, 0.15) is 0 Å². The van der Waals surface area contributed by atoms with Crippen molar-refractivity contribution in [3.05, 3.63) is 0 Å². The molecule has 1 rings (SSSR count). The third kappa shape index (κ3) is 4.63. The second-order valence-electron chi connectivity index (χ2n) is 3.50. The van der Waals surface area contributed by atoms with Gasteiger partial charge in [-0.15, -0.1) is 0 Å². The second-order valence-corrected chi connectivity index (χ2v) is 6.58. The number of hydrogen-bond acceptors (Lipinski definition) is 4. The number of sulfonamides is 1. The zero-order valence-corrected chi connectivity index (χ0v) is 10.1. The van der Waals surface area contributed by atoms with Gasteiger partial charge in [0.05, 0.1) is 5.75 Å². The molecule has 0 radical (unpaired) electrons. The molecule has 1 aliphatic rings. The normalized spacial score (nSPS) is 22.8. The molecule has 0 saturated carbocycles. The standard InChI is InChI=1S/C8H18N2O2S2/c1-9-3-5-14(11,12)10-6-8-2-4-13-7-8/h8-10H,2-7H2,1H3. The topological polar surface area (TPSA) is 58.2 Å². The van der Waals surface area contributed by atoms with E-state index in [2.05, 4.69) is 10.0 Å². The van der Waals surface area contributed by atoms with E-state index < -0.39 is 10.0 Å². The van der Waals surface area contributed by atoms with E-state index in [0.717, 1.165) is 12.2 Å². The minimum atomic E-state index is -3.05. The van der Waals surface area contributed by atoms with Crippen LogP contribution in [0.25, 0.3) is 0 Å². The Morgan fingerprint density at radius 2 is 2.29 bits per heavy atom. The van der Waals surface area contributed by atoms with Gasteiger partial charge in [-0.05, 0) is 30.9 Å². The fourth-order valence-corrected chi connectivity index (χ4v) is 3.69. The number of nitrogens with one attached hydrogen (secondary N) is 2. The maximum atomic E-state index is 11.4. The lowest BCUT2D eigenvalue weighted by Gasteiger charge is -2.10. The molecule has 0 aromatic carbocycles. The Labute approximate surface area is 90.3 Å². The van der Waals surface area contributed by atoms with Gasteiger partial charge in [-0.1, -0.05) is 0 Å². The largest absolute Gasteiger partial charge is 0.319 e. The molecule has 0 aliphatic carbocycles. The Hall–Kier alpha value is 0.220. The molecule has 1 aliphatic heterocycles. The van der Waals surface area contributed by atoms with Crippen LogP contribution in [-0.2, 0) is 10.0 Å². The maximum absolute atomic E-state index is 11.4. The Morgan fingerprint density at radius 3 is 2.86 bits per heavy atom.